The van der Waals surface area contributed by atoms with Crippen LogP contribution in [-0.4, -0.2) is 14.4 Å². The maximum absolute atomic E-state index is 14.0. The molecule has 2 aliphatic rings. The first-order valence-electron chi connectivity index (χ1n) is 9.61. The Morgan fingerprint density at radius 2 is 1.52 bits per heavy atom. The normalized spacial score (nSPS) is 24.4. The van der Waals surface area contributed by atoms with E-state index in [1.54, 1.807) is 30.3 Å². The SMILES string of the molecule is CC(=O)OC1c2ccccc2CC2(S(=O)(=O)c3ccccc3)c3ccccc3C12. The predicted molar refractivity (Wildman–Crippen MR) is 109 cm³/mol. The van der Waals surface area contributed by atoms with Gasteiger partial charge in [-0.15, -0.1) is 0 Å². The van der Waals surface area contributed by atoms with Gasteiger partial charge in [0.25, 0.3) is 0 Å². The zero-order chi connectivity index (χ0) is 20.2. The Morgan fingerprint density at radius 3 is 2.24 bits per heavy atom. The van der Waals surface area contributed by atoms with Crippen LogP contribution in [0.3, 0.4) is 0 Å². The highest BCUT2D eigenvalue weighted by atomic mass is 32.2. The Kier molecular flexibility index (Phi) is 3.93. The molecule has 0 fully saturated rings. The summed E-state index contributed by atoms with van der Waals surface area (Å²) in [6, 6.07) is 23.9. The van der Waals surface area contributed by atoms with Crippen molar-refractivity contribution in [3.05, 3.63) is 101 Å². The van der Waals surface area contributed by atoms with E-state index in [4.69, 9.17) is 4.74 Å². The average Bonchev–Trinajstić information content (AvgIpc) is 2.72. The quantitative estimate of drug-likeness (QED) is 0.610. The third kappa shape index (κ3) is 2.37. The van der Waals surface area contributed by atoms with Crippen molar-refractivity contribution < 1.29 is 17.9 Å². The monoisotopic (exact) mass is 404 g/mol. The minimum atomic E-state index is -3.74. The first kappa shape index (κ1) is 18.1. The summed E-state index contributed by atoms with van der Waals surface area (Å²) in [5.41, 5.74) is 3.54. The molecule has 0 heterocycles. The van der Waals surface area contributed by atoms with Gasteiger partial charge in [-0.3, -0.25) is 4.79 Å². The van der Waals surface area contributed by atoms with E-state index in [0.29, 0.717) is 11.3 Å². The first-order valence-corrected chi connectivity index (χ1v) is 11.1. The third-order valence-corrected chi connectivity index (χ3v) is 8.67. The van der Waals surface area contributed by atoms with Gasteiger partial charge in [0.05, 0.1) is 10.8 Å². The van der Waals surface area contributed by atoms with E-state index in [0.717, 1.165) is 22.3 Å². The number of ether oxygens (including phenoxy) is 1. The third-order valence-electron chi connectivity index (χ3n) is 6.20. The fraction of sp³-hybridized carbons (Fsp3) is 0.208. The van der Waals surface area contributed by atoms with Gasteiger partial charge in [-0.05, 0) is 40.8 Å². The summed E-state index contributed by atoms with van der Waals surface area (Å²) < 4.78 is 32.7. The van der Waals surface area contributed by atoms with Crippen molar-refractivity contribution in [3.8, 4) is 0 Å². The van der Waals surface area contributed by atoms with Crippen molar-refractivity contribution in [3.63, 3.8) is 0 Å². The lowest BCUT2D eigenvalue weighted by molar-refractivity contribution is -0.149. The van der Waals surface area contributed by atoms with Crippen LogP contribution >= 0.6 is 0 Å². The van der Waals surface area contributed by atoms with Crippen LogP contribution in [0.4, 0.5) is 0 Å². The Balaban J connectivity index is 1.80. The predicted octanol–water partition coefficient (Wildman–Crippen LogP) is 4.31. The number of sulfone groups is 1. The zero-order valence-corrected chi connectivity index (χ0v) is 16.7. The van der Waals surface area contributed by atoms with E-state index < -0.39 is 32.6 Å². The number of fused-ring (bicyclic) bond motifs is 5. The maximum atomic E-state index is 14.0. The smallest absolute Gasteiger partial charge is 0.303 e. The van der Waals surface area contributed by atoms with Gasteiger partial charge >= 0.3 is 5.97 Å². The fourth-order valence-corrected chi connectivity index (χ4v) is 7.41. The molecular formula is C24H20O4S. The minimum absolute atomic E-state index is 0.292. The molecule has 0 amide bonds. The molecule has 2 aliphatic carbocycles. The van der Waals surface area contributed by atoms with Crippen molar-refractivity contribution in [2.45, 2.75) is 35.0 Å². The Hall–Kier alpha value is -2.92. The van der Waals surface area contributed by atoms with E-state index >= 15 is 0 Å². The van der Waals surface area contributed by atoms with Crippen LogP contribution < -0.4 is 0 Å². The molecule has 29 heavy (non-hydrogen) atoms. The highest BCUT2D eigenvalue weighted by molar-refractivity contribution is 7.92. The van der Waals surface area contributed by atoms with E-state index in [1.807, 2.05) is 48.5 Å². The summed E-state index contributed by atoms with van der Waals surface area (Å²) in [6.45, 7) is 1.37. The van der Waals surface area contributed by atoms with Gasteiger partial charge in [0.2, 0.25) is 0 Å². The molecule has 0 saturated carbocycles. The molecule has 0 bridgehead atoms. The summed E-state index contributed by atoms with van der Waals surface area (Å²) >= 11 is 0. The van der Waals surface area contributed by atoms with Crippen LogP contribution in [0.15, 0.2) is 83.8 Å². The summed E-state index contributed by atoms with van der Waals surface area (Å²) in [5.74, 6) is -0.857. The van der Waals surface area contributed by atoms with Crippen molar-refractivity contribution in [1.82, 2.24) is 0 Å². The standard InChI is InChI=1S/C24H20O4S/c1-16(25)28-23-19-12-6-5-9-17(19)15-24(21-14-8-7-13-20(21)22(23)24)29(26,27)18-10-3-2-4-11-18/h2-14,22-23H,15H2,1H3. The molecule has 0 saturated heterocycles. The molecule has 5 rings (SSSR count). The van der Waals surface area contributed by atoms with E-state index in [9.17, 15) is 13.2 Å². The van der Waals surface area contributed by atoms with Gasteiger partial charge in [-0.2, -0.15) is 0 Å². The van der Waals surface area contributed by atoms with Crippen molar-refractivity contribution in [2.75, 3.05) is 0 Å². The second kappa shape index (κ2) is 6.29. The Bertz CT molecular complexity index is 1220. The van der Waals surface area contributed by atoms with Gasteiger partial charge in [-0.1, -0.05) is 66.7 Å². The van der Waals surface area contributed by atoms with Crippen LogP contribution in [0.25, 0.3) is 0 Å². The molecule has 3 unspecified atom stereocenters. The Labute approximate surface area is 170 Å². The summed E-state index contributed by atoms with van der Waals surface area (Å²) in [4.78, 5) is 12.3. The number of benzene rings is 3. The van der Waals surface area contributed by atoms with Crippen molar-refractivity contribution >= 4 is 15.8 Å². The lowest BCUT2D eigenvalue weighted by Gasteiger charge is -2.55. The molecule has 3 atom stereocenters. The molecule has 4 nitrogen and oxygen atoms in total. The summed E-state index contributed by atoms with van der Waals surface area (Å²) in [5, 5.41) is 0. The average molecular weight is 404 g/mol. The first-order chi connectivity index (χ1) is 14.0. The molecule has 0 radical (unpaired) electrons. The number of rotatable bonds is 3. The second-order valence-electron chi connectivity index (χ2n) is 7.68. The van der Waals surface area contributed by atoms with Crippen LogP contribution in [0.1, 0.15) is 41.2 Å². The molecule has 0 aliphatic heterocycles. The van der Waals surface area contributed by atoms with Gasteiger partial charge in [-0.25, -0.2) is 8.42 Å². The molecule has 0 spiro atoms. The minimum Gasteiger partial charge on any atom is -0.457 e. The van der Waals surface area contributed by atoms with E-state index in [2.05, 4.69) is 0 Å². The number of esters is 1. The van der Waals surface area contributed by atoms with E-state index in [1.165, 1.54) is 6.92 Å². The highest BCUT2D eigenvalue weighted by Crippen LogP contribution is 2.66. The summed E-state index contributed by atoms with van der Waals surface area (Å²) in [7, 11) is -3.74. The molecule has 3 aromatic carbocycles. The molecule has 146 valence electrons. The van der Waals surface area contributed by atoms with Crippen LogP contribution in [0.2, 0.25) is 0 Å². The lowest BCUT2D eigenvalue weighted by atomic mass is 9.58. The van der Waals surface area contributed by atoms with Gasteiger partial charge < -0.3 is 4.74 Å². The van der Waals surface area contributed by atoms with E-state index in [-0.39, 0.29) is 0 Å². The van der Waals surface area contributed by atoms with Crippen molar-refractivity contribution in [2.24, 2.45) is 0 Å². The van der Waals surface area contributed by atoms with Gasteiger partial charge in [0, 0.05) is 6.92 Å². The maximum Gasteiger partial charge on any atom is 0.303 e. The van der Waals surface area contributed by atoms with Crippen LogP contribution in [0, 0.1) is 0 Å². The van der Waals surface area contributed by atoms with Crippen molar-refractivity contribution in [1.29, 1.82) is 0 Å². The highest BCUT2D eigenvalue weighted by Gasteiger charge is 2.66. The van der Waals surface area contributed by atoms with Gasteiger partial charge in [0.1, 0.15) is 10.9 Å². The number of hydrogen-bond acceptors (Lipinski definition) is 4. The largest absolute Gasteiger partial charge is 0.457 e. The fourth-order valence-electron chi connectivity index (χ4n) is 5.07. The zero-order valence-electron chi connectivity index (χ0n) is 15.9. The molecule has 3 aromatic rings. The number of carbonyl (C=O) groups excluding carboxylic acids is 1. The second-order valence-corrected chi connectivity index (χ2v) is 9.88. The summed E-state index contributed by atoms with van der Waals surface area (Å²) in [6.07, 6.45) is -0.273. The lowest BCUT2D eigenvalue weighted by Crippen LogP contribution is -2.56. The molecule has 0 N–H and O–H groups in total. The number of carbonyl (C=O) groups is 1. The number of hydrogen-bond donors (Lipinski definition) is 0. The topological polar surface area (TPSA) is 60.4 Å². The molecule has 0 aromatic heterocycles. The van der Waals surface area contributed by atoms with Crippen LogP contribution in [-0.2, 0) is 30.5 Å². The van der Waals surface area contributed by atoms with Crippen LogP contribution in [0.5, 0.6) is 0 Å². The van der Waals surface area contributed by atoms with Gasteiger partial charge in [0.15, 0.2) is 9.84 Å². The molecular weight excluding hydrogens is 384 g/mol. The Morgan fingerprint density at radius 1 is 0.897 bits per heavy atom. The molecule has 5 heteroatoms.